The molecule has 0 radical (unpaired) electrons. The van der Waals surface area contributed by atoms with E-state index in [1.807, 2.05) is 35.0 Å². The summed E-state index contributed by atoms with van der Waals surface area (Å²) < 4.78 is 8.23. The van der Waals surface area contributed by atoms with Crippen LogP contribution in [0.4, 0.5) is 5.69 Å². The lowest BCUT2D eigenvalue weighted by Crippen LogP contribution is -2.31. The summed E-state index contributed by atoms with van der Waals surface area (Å²) in [5.74, 6) is -0.108. The summed E-state index contributed by atoms with van der Waals surface area (Å²) >= 11 is 0. The van der Waals surface area contributed by atoms with Gasteiger partial charge in [-0.25, -0.2) is 4.98 Å². The molecule has 1 amide bonds. The molecule has 1 fully saturated rings. The predicted octanol–water partition coefficient (Wildman–Crippen LogP) is 7.22. The second kappa shape index (κ2) is 15.8. The van der Waals surface area contributed by atoms with Crippen LogP contribution in [0.3, 0.4) is 0 Å². The van der Waals surface area contributed by atoms with E-state index < -0.39 is 8.07 Å². The Bertz CT molecular complexity index is 1810. The van der Waals surface area contributed by atoms with Gasteiger partial charge in [0.15, 0.2) is 0 Å². The minimum Gasteiger partial charge on any atom is -0.384 e. The van der Waals surface area contributed by atoms with Gasteiger partial charge in [-0.2, -0.15) is 0 Å². The van der Waals surface area contributed by atoms with Crippen LogP contribution >= 0.6 is 0 Å². The third kappa shape index (κ3) is 8.86. The average molecular weight is 664 g/mol. The van der Waals surface area contributed by atoms with Gasteiger partial charge in [0, 0.05) is 74.6 Å². The molecule has 0 atom stereocenters. The van der Waals surface area contributed by atoms with Gasteiger partial charge in [0.05, 0.1) is 16.7 Å². The van der Waals surface area contributed by atoms with E-state index in [4.69, 9.17) is 9.72 Å². The Kier molecular flexibility index (Phi) is 11.1. The van der Waals surface area contributed by atoms with Crippen molar-refractivity contribution in [2.24, 2.45) is 0 Å². The highest BCUT2D eigenvalue weighted by molar-refractivity contribution is 6.76. The Hall–Kier alpha value is -4.12. The van der Waals surface area contributed by atoms with E-state index in [2.05, 4.69) is 69.4 Å². The first-order valence-corrected chi connectivity index (χ1v) is 21.1. The van der Waals surface area contributed by atoms with E-state index in [1.165, 1.54) is 32.4 Å². The molecule has 0 aliphatic carbocycles. The van der Waals surface area contributed by atoms with Crippen LogP contribution < -0.4 is 10.6 Å². The number of carbonyl (C=O) groups is 1. The molecule has 0 saturated carbocycles. The molecule has 5 heterocycles. The highest BCUT2D eigenvalue weighted by Gasteiger charge is 2.19. The summed E-state index contributed by atoms with van der Waals surface area (Å²) in [5, 5.41) is 8.83. The lowest BCUT2D eigenvalue weighted by Gasteiger charge is -2.26. The van der Waals surface area contributed by atoms with Gasteiger partial charge in [-0.05, 0) is 93.3 Å². The molecule has 1 aromatic carbocycles. The van der Waals surface area contributed by atoms with Gasteiger partial charge in [0.25, 0.3) is 5.91 Å². The number of benzene rings is 1. The molecule has 1 aliphatic rings. The number of hydrogen-bond acceptors (Lipinski definition) is 7. The van der Waals surface area contributed by atoms with Crippen molar-refractivity contribution in [1.82, 2.24) is 29.7 Å². The lowest BCUT2D eigenvalue weighted by atomic mass is 10.1. The first kappa shape index (κ1) is 33.8. The third-order valence-electron chi connectivity index (χ3n) is 9.12. The van der Waals surface area contributed by atoms with Crippen LogP contribution in [0.15, 0.2) is 73.3 Å². The van der Waals surface area contributed by atoms with Crippen LogP contribution in [0.1, 0.15) is 41.7 Å². The third-order valence-corrected chi connectivity index (χ3v) is 10.8. The van der Waals surface area contributed by atoms with Crippen LogP contribution in [-0.4, -0.2) is 77.7 Å². The van der Waals surface area contributed by atoms with E-state index in [0.29, 0.717) is 25.6 Å². The number of piperidine rings is 1. The molecule has 9 nitrogen and oxygen atoms in total. The zero-order valence-electron chi connectivity index (χ0n) is 28.7. The summed E-state index contributed by atoms with van der Waals surface area (Å²) in [7, 11) is -1.26. The molecule has 6 rings (SSSR count). The van der Waals surface area contributed by atoms with Crippen LogP contribution in [0.5, 0.6) is 0 Å². The smallest absolute Gasteiger partial charge is 0.268 e. The minimum absolute atomic E-state index is 0.108. The van der Waals surface area contributed by atoms with Gasteiger partial charge >= 0.3 is 0 Å². The molecule has 10 heteroatoms. The molecular weight excluding hydrogens is 615 g/mol. The van der Waals surface area contributed by atoms with Crippen molar-refractivity contribution in [3.05, 3.63) is 84.6 Å². The second-order valence-corrected chi connectivity index (χ2v) is 19.7. The molecule has 0 bridgehead atoms. The summed E-state index contributed by atoms with van der Waals surface area (Å²) in [5.41, 5.74) is 6.50. The summed E-state index contributed by atoms with van der Waals surface area (Å²) in [6.45, 7) is 13.0. The quantitative estimate of drug-likeness (QED) is 0.0902. The molecule has 252 valence electrons. The molecule has 1 aliphatic heterocycles. The maximum atomic E-state index is 13.6. The molecule has 1 saturated heterocycles. The minimum atomic E-state index is -1.26. The number of anilines is 1. The van der Waals surface area contributed by atoms with Gasteiger partial charge in [-0.3, -0.25) is 14.8 Å². The van der Waals surface area contributed by atoms with Crippen molar-refractivity contribution in [3.63, 3.8) is 0 Å². The number of nitrogens with one attached hydrogen (secondary N) is 2. The monoisotopic (exact) mass is 663 g/mol. The van der Waals surface area contributed by atoms with Crippen molar-refractivity contribution in [1.29, 1.82) is 0 Å². The van der Waals surface area contributed by atoms with Crippen LogP contribution in [0.2, 0.25) is 25.7 Å². The topological polar surface area (TPSA) is 97.2 Å². The lowest BCUT2D eigenvalue weighted by molar-refractivity contribution is 0.0811. The van der Waals surface area contributed by atoms with Gasteiger partial charge in [0.2, 0.25) is 0 Å². The molecule has 0 unspecified atom stereocenters. The number of rotatable bonds is 15. The van der Waals surface area contributed by atoms with E-state index in [-0.39, 0.29) is 5.91 Å². The molecule has 48 heavy (non-hydrogen) atoms. The standard InChI is InChI=1S/C38H49N7O2Si/c1-48(2,3)23-22-47-28-45-36-24-30(8-9-31(36)25-37(45)38(46)42-18-12-29-10-15-39-16-11-29)34-26-35(32-27-40-17-13-33(32)43-34)41-14-7-21-44-19-5-4-6-20-44/h8-11,13,15-17,24-27H,4-7,12,14,18-23,28H2,1-3H3,(H,41,43)(H,42,46). The summed E-state index contributed by atoms with van der Waals surface area (Å²) in [6, 6.07) is 17.4. The average Bonchev–Trinajstić information content (AvgIpc) is 3.46. The zero-order valence-corrected chi connectivity index (χ0v) is 29.7. The number of ether oxygens (including phenoxy) is 1. The fraction of sp³-hybridized carbons (Fsp3) is 0.421. The van der Waals surface area contributed by atoms with Gasteiger partial charge < -0.3 is 24.8 Å². The first-order valence-electron chi connectivity index (χ1n) is 17.4. The van der Waals surface area contributed by atoms with Crippen LogP contribution in [0, 0.1) is 0 Å². The Morgan fingerprint density at radius 2 is 1.75 bits per heavy atom. The van der Waals surface area contributed by atoms with Crippen molar-refractivity contribution in [2.45, 2.75) is 64.5 Å². The second-order valence-electron chi connectivity index (χ2n) is 14.1. The fourth-order valence-electron chi connectivity index (χ4n) is 6.31. The van der Waals surface area contributed by atoms with Crippen LogP contribution in [0.25, 0.3) is 33.1 Å². The number of carbonyl (C=O) groups excluding carboxylic acids is 1. The van der Waals surface area contributed by atoms with Crippen molar-refractivity contribution in [3.8, 4) is 11.3 Å². The highest BCUT2D eigenvalue weighted by atomic mass is 28.3. The number of likely N-dealkylation sites (tertiary alicyclic amines) is 1. The van der Waals surface area contributed by atoms with Gasteiger partial charge in [-0.15, -0.1) is 0 Å². The first-order chi connectivity index (χ1) is 23.3. The summed E-state index contributed by atoms with van der Waals surface area (Å²) in [4.78, 5) is 29.7. The number of amides is 1. The molecule has 2 N–H and O–H groups in total. The predicted molar refractivity (Wildman–Crippen MR) is 198 cm³/mol. The normalized spacial score (nSPS) is 14.1. The molecule has 0 spiro atoms. The largest absolute Gasteiger partial charge is 0.384 e. The Labute approximate surface area is 285 Å². The van der Waals surface area contributed by atoms with E-state index in [1.54, 1.807) is 18.6 Å². The number of aromatic nitrogens is 4. The van der Waals surface area contributed by atoms with E-state index in [9.17, 15) is 4.79 Å². The van der Waals surface area contributed by atoms with Crippen molar-refractivity contribution >= 4 is 41.5 Å². The van der Waals surface area contributed by atoms with E-state index >= 15 is 0 Å². The maximum absolute atomic E-state index is 13.6. The number of nitrogens with zero attached hydrogens (tertiary/aromatic N) is 5. The molecule has 4 aromatic heterocycles. The van der Waals surface area contributed by atoms with Gasteiger partial charge in [0.1, 0.15) is 12.4 Å². The Morgan fingerprint density at radius 3 is 2.56 bits per heavy atom. The molecular formula is C38H49N7O2Si. The highest BCUT2D eigenvalue weighted by Crippen LogP contribution is 2.31. The van der Waals surface area contributed by atoms with E-state index in [0.717, 1.165) is 76.3 Å². The SMILES string of the molecule is C[Si](C)(C)CCOCn1c(C(=O)NCCc2ccncc2)cc2ccc(-c3cc(NCCCN4CCCCC4)c4cnccc4n3)cc21. The summed E-state index contributed by atoms with van der Waals surface area (Å²) in [6.07, 6.45) is 13.1. The maximum Gasteiger partial charge on any atom is 0.268 e. The Morgan fingerprint density at radius 1 is 0.938 bits per heavy atom. The zero-order chi connectivity index (χ0) is 33.3. The van der Waals surface area contributed by atoms with Crippen LogP contribution in [-0.2, 0) is 17.9 Å². The Balaban J connectivity index is 1.25. The van der Waals surface area contributed by atoms with Gasteiger partial charge in [-0.1, -0.05) is 38.2 Å². The fourth-order valence-corrected chi connectivity index (χ4v) is 7.06. The van der Waals surface area contributed by atoms with Crippen molar-refractivity contribution < 1.29 is 9.53 Å². The number of hydrogen-bond donors (Lipinski definition) is 2. The number of fused-ring (bicyclic) bond motifs is 2. The molecule has 5 aromatic rings. The van der Waals surface area contributed by atoms with Crippen molar-refractivity contribution in [2.75, 3.05) is 44.6 Å². The number of pyridine rings is 3.